The second kappa shape index (κ2) is 5.32. The van der Waals surface area contributed by atoms with Gasteiger partial charge in [0.25, 0.3) is 0 Å². The summed E-state index contributed by atoms with van der Waals surface area (Å²) < 4.78 is 5.81. The van der Waals surface area contributed by atoms with E-state index in [9.17, 15) is 4.79 Å². The molecule has 1 aromatic rings. The highest BCUT2D eigenvalue weighted by molar-refractivity contribution is 9.10. The standard InChI is InChI=1S/C11H14BrNO3/c1-6-3-7(8(5-13)11(14)15)10(12)9(4-6)16-2/h3-4,8H,5,13H2,1-2H3,(H,14,15). The van der Waals surface area contributed by atoms with Crippen molar-refractivity contribution in [1.82, 2.24) is 0 Å². The monoisotopic (exact) mass is 287 g/mol. The fourth-order valence-corrected chi connectivity index (χ4v) is 2.19. The highest BCUT2D eigenvalue weighted by atomic mass is 79.9. The second-order valence-corrected chi connectivity index (χ2v) is 4.29. The van der Waals surface area contributed by atoms with Gasteiger partial charge in [-0.3, -0.25) is 4.79 Å². The zero-order valence-corrected chi connectivity index (χ0v) is 10.7. The largest absolute Gasteiger partial charge is 0.496 e. The number of nitrogens with two attached hydrogens (primary N) is 1. The van der Waals surface area contributed by atoms with Gasteiger partial charge in [0.05, 0.1) is 17.5 Å². The minimum Gasteiger partial charge on any atom is -0.496 e. The van der Waals surface area contributed by atoms with E-state index in [2.05, 4.69) is 15.9 Å². The molecule has 0 aromatic heterocycles. The summed E-state index contributed by atoms with van der Waals surface area (Å²) in [7, 11) is 1.54. The number of rotatable bonds is 4. The van der Waals surface area contributed by atoms with E-state index in [-0.39, 0.29) is 6.54 Å². The lowest BCUT2D eigenvalue weighted by molar-refractivity contribution is -0.138. The van der Waals surface area contributed by atoms with Crippen LogP contribution >= 0.6 is 15.9 Å². The number of methoxy groups -OCH3 is 1. The Hall–Kier alpha value is -1.07. The number of aliphatic carboxylic acids is 1. The Balaban J connectivity index is 3.31. The molecule has 88 valence electrons. The summed E-state index contributed by atoms with van der Waals surface area (Å²) in [5.74, 6) is -1.03. The zero-order valence-electron chi connectivity index (χ0n) is 9.16. The highest BCUT2D eigenvalue weighted by Gasteiger charge is 2.22. The maximum Gasteiger partial charge on any atom is 0.312 e. The van der Waals surface area contributed by atoms with Crippen molar-refractivity contribution in [3.63, 3.8) is 0 Å². The van der Waals surface area contributed by atoms with Crippen LogP contribution in [0.2, 0.25) is 0 Å². The normalized spacial score (nSPS) is 12.2. The van der Waals surface area contributed by atoms with E-state index in [4.69, 9.17) is 15.6 Å². The Labute approximate surface area is 103 Å². The molecule has 4 nitrogen and oxygen atoms in total. The average molecular weight is 288 g/mol. The molecule has 1 aromatic carbocycles. The Kier molecular flexibility index (Phi) is 4.32. The number of carbonyl (C=O) groups is 1. The van der Waals surface area contributed by atoms with Gasteiger partial charge in [0.15, 0.2) is 0 Å². The summed E-state index contributed by atoms with van der Waals surface area (Å²) in [6.45, 7) is 1.94. The summed E-state index contributed by atoms with van der Waals surface area (Å²) in [6, 6.07) is 3.64. The summed E-state index contributed by atoms with van der Waals surface area (Å²) in [5, 5.41) is 9.06. The van der Waals surface area contributed by atoms with Crippen LogP contribution in [0.15, 0.2) is 16.6 Å². The average Bonchev–Trinajstić information content (AvgIpc) is 2.23. The molecule has 3 N–H and O–H groups in total. The number of benzene rings is 1. The molecule has 0 spiro atoms. The molecule has 0 aliphatic rings. The zero-order chi connectivity index (χ0) is 12.3. The van der Waals surface area contributed by atoms with Crippen LogP contribution in [0, 0.1) is 6.92 Å². The van der Waals surface area contributed by atoms with Crippen molar-refractivity contribution in [3.8, 4) is 5.75 Å². The first kappa shape index (κ1) is 13.0. The fraction of sp³-hybridized carbons (Fsp3) is 0.364. The smallest absolute Gasteiger partial charge is 0.312 e. The number of hydrogen-bond donors (Lipinski definition) is 2. The third-order valence-corrected chi connectivity index (χ3v) is 3.19. The van der Waals surface area contributed by atoms with Crippen LogP contribution in [0.4, 0.5) is 0 Å². The molecule has 0 saturated carbocycles. The van der Waals surface area contributed by atoms with E-state index in [1.54, 1.807) is 13.2 Å². The van der Waals surface area contributed by atoms with Crippen LogP contribution < -0.4 is 10.5 Å². The van der Waals surface area contributed by atoms with Gasteiger partial charge in [0, 0.05) is 6.54 Å². The molecule has 0 aliphatic heterocycles. The van der Waals surface area contributed by atoms with E-state index >= 15 is 0 Å². The molecule has 1 rings (SSSR count). The van der Waals surface area contributed by atoms with E-state index in [0.717, 1.165) is 5.56 Å². The van der Waals surface area contributed by atoms with E-state index in [0.29, 0.717) is 15.8 Å². The number of carboxylic acid groups (broad SMARTS) is 1. The molecule has 1 unspecified atom stereocenters. The molecule has 0 bridgehead atoms. The maximum atomic E-state index is 11.1. The van der Waals surface area contributed by atoms with Crippen molar-refractivity contribution in [1.29, 1.82) is 0 Å². The van der Waals surface area contributed by atoms with Gasteiger partial charge in [-0.15, -0.1) is 0 Å². The minimum absolute atomic E-state index is 0.0561. The summed E-state index contributed by atoms with van der Waals surface area (Å²) in [6.07, 6.45) is 0. The Bertz CT molecular complexity index is 406. The Morgan fingerprint density at radius 2 is 2.25 bits per heavy atom. The molecule has 0 heterocycles. The lowest BCUT2D eigenvalue weighted by Crippen LogP contribution is -2.21. The summed E-state index contributed by atoms with van der Waals surface area (Å²) >= 11 is 3.34. The molecular formula is C11H14BrNO3. The van der Waals surface area contributed by atoms with Crippen molar-refractivity contribution < 1.29 is 14.6 Å². The molecule has 5 heteroatoms. The molecule has 0 fully saturated rings. The number of aryl methyl sites for hydroxylation is 1. The third-order valence-electron chi connectivity index (χ3n) is 2.34. The van der Waals surface area contributed by atoms with Crippen molar-refractivity contribution in [2.24, 2.45) is 5.73 Å². The number of halogens is 1. The maximum absolute atomic E-state index is 11.1. The molecule has 1 atom stereocenters. The third kappa shape index (κ3) is 2.54. The van der Waals surface area contributed by atoms with Crippen LogP contribution in [0.25, 0.3) is 0 Å². The quantitative estimate of drug-likeness (QED) is 0.887. The topological polar surface area (TPSA) is 72.5 Å². The second-order valence-electron chi connectivity index (χ2n) is 3.50. The Morgan fingerprint density at radius 1 is 1.62 bits per heavy atom. The van der Waals surface area contributed by atoms with Crippen molar-refractivity contribution >= 4 is 21.9 Å². The SMILES string of the molecule is COc1cc(C)cc(C(CN)C(=O)O)c1Br. The summed E-state index contributed by atoms with van der Waals surface area (Å²) in [5.41, 5.74) is 7.06. The van der Waals surface area contributed by atoms with Gasteiger partial charge < -0.3 is 15.6 Å². The van der Waals surface area contributed by atoms with Gasteiger partial charge in [-0.1, -0.05) is 6.07 Å². The van der Waals surface area contributed by atoms with E-state index < -0.39 is 11.9 Å². The van der Waals surface area contributed by atoms with E-state index in [1.165, 1.54) is 0 Å². The predicted molar refractivity (Wildman–Crippen MR) is 64.9 cm³/mol. The molecule has 16 heavy (non-hydrogen) atoms. The first-order valence-electron chi connectivity index (χ1n) is 4.78. The summed E-state index contributed by atoms with van der Waals surface area (Å²) in [4.78, 5) is 11.1. The lowest BCUT2D eigenvalue weighted by atomic mass is 9.97. The van der Waals surface area contributed by atoms with Gasteiger partial charge in [-0.2, -0.15) is 0 Å². The minimum atomic E-state index is -0.934. The molecule has 0 saturated heterocycles. The molecule has 0 amide bonds. The van der Waals surface area contributed by atoms with Crippen molar-refractivity contribution in [2.45, 2.75) is 12.8 Å². The first-order chi connectivity index (χ1) is 7.51. The molecule has 0 aliphatic carbocycles. The van der Waals surface area contributed by atoms with Gasteiger partial charge in [0.1, 0.15) is 5.75 Å². The number of ether oxygens (including phenoxy) is 1. The van der Waals surface area contributed by atoms with Crippen LogP contribution in [0.3, 0.4) is 0 Å². The van der Waals surface area contributed by atoms with Crippen LogP contribution in [-0.2, 0) is 4.79 Å². The highest BCUT2D eigenvalue weighted by Crippen LogP contribution is 2.34. The molecule has 0 radical (unpaired) electrons. The van der Waals surface area contributed by atoms with Gasteiger partial charge in [0.2, 0.25) is 0 Å². The lowest BCUT2D eigenvalue weighted by Gasteiger charge is -2.15. The van der Waals surface area contributed by atoms with E-state index in [1.807, 2.05) is 13.0 Å². The first-order valence-corrected chi connectivity index (χ1v) is 5.57. The van der Waals surface area contributed by atoms with Crippen molar-refractivity contribution in [2.75, 3.05) is 13.7 Å². The fourth-order valence-electron chi connectivity index (χ4n) is 1.53. The van der Waals surface area contributed by atoms with Gasteiger partial charge >= 0.3 is 5.97 Å². The van der Waals surface area contributed by atoms with Crippen LogP contribution in [0.5, 0.6) is 5.75 Å². The van der Waals surface area contributed by atoms with Crippen LogP contribution in [-0.4, -0.2) is 24.7 Å². The van der Waals surface area contributed by atoms with Crippen LogP contribution in [0.1, 0.15) is 17.0 Å². The van der Waals surface area contributed by atoms with Crippen molar-refractivity contribution in [3.05, 3.63) is 27.7 Å². The Morgan fingerprint density at radius 3 is 2.69 bits per heavy atom. The predicted octanol–water partition coefficient (Wildman–Crippen LogP) is 1.89. The number of carboxylic acids is 1. The number of hydrogen-bond acceptors (Lipinski definition) is 3. The van der Waals surface area contributed by atoms with Gasteiger partial charge in [-0.25, -0.2) is 0 Å². The molecular weight excluding hydrogens is 274 g/mol. The van der Waals surface area contributed by atoms with Gasteiger partial charge in [-0.05, 0) is 40.0 Å².